The average Bonchev–Trinajstić information content (AvgIpc) is 2.17. The molecule has 0 aliphatic rings. The number of nitro groups is 1. The van der Waals surface area contributed by atoms with Gasteiger partial charge in [-0.3, -0.25) is 10.1 Å². The molecule has 1 aromatic rings. The van der Waals surface area contributed by atoms with Crippen LogP contribution in [0.3, 0.4) is 0 Å². The van der Waals surface area contributed by atoms with Crippen molar-refractivity contribution in [2.75, 3.05) is 7.11 Å². The molecular weight excluding hydrogens is 270 g/mol. The van der Waals surface area contributed by atoms with E-state index in [1.807, 2.05) is 0 Å². The number of nitrogens with zero attached hydrogens (tertiary/aromatic N) is 1. The van der Waals surface area contributed by atoms with Gasteiger partial charge >= 0.3 is 5.97 Å². The predicted molar refractivity (Wildman–Crippen MR) is 54.3 cm³/mol. The molecule has 6 nitrogen and oxygen atoms in total. The summed E-state index contributed by atoms with van der Waals surface area (Å²) in [5, 5.41) is 19.4. The van der Waals surface area contributed by atoms with E-state index in [2.05, 4.69) is 15.9 Å². The van der Waals surface area contributed by atoms with Crippen molar-refractivity contribution < 1.29 is 19.6 Å². The molecule has 0 unspecified atom stereocenters. The van der Waals surface area contributed by atoms with Crippen LogP contribution in [0.25, 0.3) is 0 Å². The zero-order chi connectivity index (χ0) is 11.6. The van der Waals surface area contributed by atoms with Gasteiger partial charge in [0.25, 0.3) is 5.69 Å². The third-order valence-electron chi connectivity index (χ3n) is 1.69. The Hall–Kier alpha value is -1.63. The molecule has 0 aromatic heterocycles. The third kappa shape index (κ3) is 2.24. The van der Waals surface area contributed by atoms with Crippen LogP contribution in [-0.4, -0.2) is 23.1 Å². The topological polar surface area (TPSA) is 89.7 Å². The fourth-order valence-electron chi connectivity index (χ4n) is 0.990. The Kier molecular flexibility index (Phi) is 3.25. The van der Waals surface area contributed by atoms with Crippen molar-refractivity contribution in [1.82, 2.24) is 0 Å². The summed E-state index contributed by atoms with van der Waals surface area (Å²) in [6.07, 6.45) is 0. The number of nitro benzene ring substituents is 1. The number of ether oxygens (including phenoxy) is 1. The van der Waals surface area contributed by atoms with E-state index in [0.717, 1.165) is 6.07 Å². The van der Waals surface area contributed by atoms with Crippen molar-refractivity contribution in [3.05, 3.63) is 32.3 Å². The number of hydrogen-bond acceptors (Lipinski definition) is 4. The van der Waals surface area contributed by atoms with Gasteiger partial charge in [0.1, 0.15) is 10.2 Å². The maximum atomic E-state index is 10.8. The summed E-state index contributed by atoms with van der Waals surface area (Å²) >= 11 is 2.87. The average molecular weight is 276 g/mol. The first kappa shape index (κ1) is 11.4. The smallest absolute Gasteiger partial charge is 0.337 e. The highest BCUT2D eigenvalue weighted by Crippen LogP contribution is 2.33. The Morgan fingerprint density at radius 2 is 2.20 bits per heavy atom. The molecular formula is C8H6BrNO5. The third-order valence-corrected chi connectivity index (χ3v) is 2.52. The lowest BCUT2D eigenvalue weighted by Crippen LogP contribution is -2.01. The van der Waals surface area contributed by atoms with Crippen molar-refractivity contribution >= 4 is 27.6 Å². The van der Waals surface area contributed by atoms with Crippen LogP contribution in [0.5, 0.6) is 5.75 Å². The minimum absolute atomic E-state index is 0.0687. The van der Waals surface area contributed by atoms with E-state index in [-0.39, 0.29) is 21.5 Å². The van der Waals surface area contributed by atoms with E-state index in [9.17, 15) is 14.9 Å². The summed E-state index contributed by atoms with van der Waals surface area (Å²) < 4.78 is 4.69. The number of hydrogen-bond donors (Lipinski definition) is 1. The van der Waals surface area contributed by atoms with Crippen molar-refractivity contribution in [3.8, 4) is 5.75 Å². The van der Waals surface area contributed by atoms with Crippen molar-refractivity contribution in [2.45, 2.75) is 0 Å². The highest BCUT2D eigenvalue weighted by molar-refractivity contribution is 9.10. The van der Waals surface area contributed by atoms with Crippen LogP contribution in [0.4, 0.5) is 5.69 Å². The van der Waals surface area contributed by atoms with E-state index >= 15 is 0 Å². The van der Waals surface area contributed by atoms with Crippen LogP contribution < -0.4 is 4.74 Å². The largest absolute Gasteiger partial charge is 0.496 e. The second kappa shape index (κ2) is 4.26. The molecule has 0 heterocycles. The summed E-state index contributed by atoms with van der Waals surface area (Å²) in [7, 11) is 1.30. The summed E-state index contributed by atoms with van der Waals surface area (Å²) in [5.74, 6) is -1.13. The Balaban J connectivity index is 3.47. The molecule has 1 aromatic carbocycles. The minimum Gasteiger partial charge on any atom is -0.496 e. The lowest BCUT2D eigenvalue weighted by molar-refractivity contribution is -0.385. The first-order valence-electron chi connectivity index (χ1n) is 3.72. The molecule has 15 heavy (non-hydrogen) atoms. The lowest BCUT2D eigenvalue weighted by Gasteiger charge is -2.04. The maximum absolute atomic E-state index is 10.8. The fraction of sp³-hybridized carbons (Fsp3) is 0.125. The second-order valence-electron chi connectivity index (χ2n) is 2.57. The highest BCUT2D eigenvalue weighted by atomic mass is 79.9. The van der Waals surface area contributed by atoms with E-state index in [0.29, 0.717) is 0 Å². The van der Waals surface area contributed by atoms with Crippen LogP contribution in [0, 0.1) is 10.1 Å². The van der Waals surface area contributed by atoms with Crippen molar-refractivity contribution in [3.63, 3.8) is 0 Å². The molecule has 1 N–H and O–H groups in total. The molecule has 1 rings (SSSR count). The Labute approximate surface area is 92.8 Å². The van der Waals surface area contributed by atoms with Gasteiger partial charge in [-0.25, -0.2) is 4.79 Å². The summed E-state index contributed by atoms with van der Waals surface area (Å²) in [4.78, 5) is 20.7. The molecule has 7 heteroatoms. The number of methoxy groups -OCH3 is 1. The number of rotatable bonds is 3. The molecule has 0 aliphatic carbocycles. The first-order valence-corrected chi connectivity index (χ1v) is 4.52. The maximum Gasteiger partial charge on any atom is 0.337 e. The van der Waals surface area contributed by atoms with Crippen molar-refractivity contribution in [2.24, 2.45) is 0 Å². The SMILES string of the molecule is COc1cc(C(=O)O)c(Br)c([N+](=O)[O-])c1. The number of aromatic carboxylic acids is 1. The number of carboxylic acid groups (broad SMARTS) is 1. The van der Waals surface area contributed by atoms with E-state index < -0.39 is 10.9 Å². The molecule has 0 spiro atoms. The fourth-order valence-corrected chi connectivity index (χ4v) is 1.53. The van der Waals surface area contributed by atoms with E-state index in [1.165, 1.54) is 13.2 Å². The molecule has 0 bridgehead atoms. The summed E-state index contributed by atoms with van der Waals surface area (Å²) in [6, 6.07) is 2.36. The van der Waals surface area contributed by atoms with Crippen molar-refractivity contribution in [1.29, 1.82) is 0 Å². The normalized spacial score (nSPS) is 9.73. The van der Waals surface area contributed by atoms with Gasteiger partial charge in [0.05, 0.1) is 23.7 Å². The van der Waals surface area contributed by atoms with Crippen LogP contribution in [-0.2, 0) is 0 Å². The summed E-state index contributed by atoms with van der Waals surface area (Å²) in [6.45, 7) is 0. The van der Waals surface area contributed by atoms with Crippen LogP contribution in [0.1, 0.15) is 10.4 Å². The molecule has 0 amide bonds. The lowest BCUT2D eigenvalue weighted by atomic mass is 10.2. The molecule has 0 saturated heterocycles. The molecule has 0 fully saturated rings. The Morgan fingerprint density at radius 1 is 1.60 bits per heavy atom. The van der Waals surface area contributed by atoms with Gasteiger partial charge in [-0.1, -0.05) is 0 Å². The number of halogens is 1. The Morgan fingerprint density at radius 3 is 2.60 bits per heavy atom. The van der Waals surface area contributed by atoms with Gasteiger partial charge in [-0.05, 0) is 22.0 Å². The molecule has 0 atom stereocenters. The number of carboxylic acids is 1. The number of benzene rings is 1. The Bertz CT molecular complexity index is 396. The first-order chi connectivity index (χ1) is 6.97. The van der Waals surface area contributed by atoms with Gasteiger partial charge in [0, 0.05) is 0 Å². The van der Waals surface area contributed by atoms with E-state index in [4.69, 9.17) is 9.84 Å². The number of carbonyl (C=O) groups is 1. The molecule has 0 saturated carbocycles. The van der Waals surface area contributed by atoms with Crippen LogP contribution in [0.15, 0.2) is 16.6 Å². The minimum atomic E-state index is -1.26. The van der Waals surface area contributed by atoms with Gasteiger partial charge in [-0.15, -0.1) is 0 Å². The van der Waals surface area contributed by atoms with E-state index in [1.54, 1.807) is 0 Å². The molecule has 0 radical (unpaired) electrons. The zero-order valence-electron chi connectivity index (χ0n) is 7.56. The monoisotopic (exact) mass is 275 g/mol. The second-order valence-corrected chi connectivity index (χ2v) is 3.36. The van der Waals surface area contributed by atoms with Gasteiger partial charge in [0.15, 0.2) is 0 Å². The molecule has 0 aliphatic heterocycles. The van der Waals surface area contributed by atoms with Gasteiger partial charge in [-0.2, -0.15) is 0 Å². The predicted octanol–water partition coefficient (Wildman–Crippen LogP) is 2.06. The van der Waals surface area contributed by atoms with Gasteiger partial charge in [0.2, 0.25) is 0 Å². The molecule has 80 valence electrons. The van der Waals surface area contributed by atoms with Crippen LogP contribution in [0.2, 0.25) is 0 Å². The van der Waals surface area contributed by atoms with Crippen LogP contribution >= 0.6 is 15.9 Å². The highest BCUT2D eigenvalue weighted by Gasteiger charge is 2.21. The zero-order valence-corrected chi connectivity index (χ0v) is 9.15. The van der Waals surface area contributed by atoms with Gasteiger partial charge < -0.3 is 9.84 Å². The standard InChI is InChI=1S/C8H6BrNO5/c1-15-4-2-5(8(11)12)7(9)6(3-4)10(13)14/h2-3H,1H3,(H,11,12). The summed E-state index contributed by atoms with van der Waals surface area (Å²) in [5.41, 5.74) is -0.548. The quantitative estimate of drug-likeness (QED) is 0.674.